The maximum absolute atomic E-state index is 12.2. The van der Waals surface area contributed by atoms with Gasteiger partial charge >= 0.3 is 6.03 Å². The van der Waals surface area contributed by atoms with Gasteiger partial charge in [0.1, 0.15) is 0 Å². The molecule has 26 heavy (non-hydrogen) atoms. The number of carbonyl (C=O) groups excluding carboxylic acids is 2. The van der Waals surface area contributed by atoms with E-state index in [-0.39, 0.29) is 18.5 Å². The summed E-state index contributed by atoms with van der Waals surface area (Å²) in [6.07, 6.45) is 0.858. The normalized spacial score (nSPS) is 11.0. The Morgan fingerprint density at radius 1 is 1.12 bits per heavy atom. The van der Waals surface area contributed by atoms with Crippen LogP contribution in [0.3, 0.4) is 0 Å². The summed E-state index contributed by atoms with van der Waals surface area (Å²) < 4.78 is 0. The number of aryl methyl sites for hydroxylation is 1. The molecule has 2 aromatic rings. The molecule has 1 aromatic heterocycles. The number of thiophene rings is 1. The van der Waals surface area contributed by atoms with Gasteiger partial charge in [0.05, 0.1) is 6.54 Å². The van der Waals surface area contributed by atoms with Gasteiger partial charge in [0.25, 0.3) is 0 Å². The van der Waals surface area contributed by atoms with Crippen molar-refractivity contribution in [2.45, 2.75) is 39.8 Å². The average molecular weight is 374 g/mol. The van der Waals surface area contributed by atoms with E-state index in [2.05, 4.69) is 46.7 Å². The number of nitrogens with one attached hydrogen (secondary N) is 2. The molecule has 1 aromatic carbocycles. The number of benzene rings is 1. The second-order valence-corrected chi connectivity index (χ2v) is 8.01. The van der Waals surface area contributed by atoms with E-state index in [0.29, 0.717) is 6.54 Å². The molecule has 0 aliphatic heterocycles. The molecule has 2 N–H and O–H groups in total. The van der Waals surface area contributed by atoms with Gasteiger partial charge in [0, 0.05) is 28.9 Å². The summed E-state index contributed by atoms with van der Waals surface area (Å²) in [5.74, 6) is -0.288. The second kappa shape index (κ2) is 10.1. The number of hydrogen-bond donors (Lipinski definition) is 2. The van der Waals surface area contributed by atoms with Gasteiger partial charge in [0.2, 0.25) is 5.91 Å². The van der Waals surface area contributed by atoms with Gasteiger partial charge < -0.3 is 5.32 Å². The molecule has 0 bridgehead atoms. The van der Waals surface area contributed by atoms with E-state index in [1.807, 2.05) is 32.0 Å². The minimum Gasteiger partial charge on any atom is -0.336 e. The Kier molecular flexibility index (Phi) is 7.81. The van der Waals surface area contributed by atoms with Crippen LogP contribution in [0.2, 0.25) is 0 Å². The average Bonchev–Trinajstić information content (AvgIpc) is 2.97. The first kappa shape index (κ1) is 20.1. The van der Waals surface area contributed by atoms with E-state index in [0.717, 1.165) is 13.0 Å². The van der Waals surface area contributed by atoms with Crippen LogP contribution < -0.4 is 10.6 Å². The van der Waals surface area contributed by atoms with Crippen molar-refractivity contribution in [1.82, 2.24) is 15.5 Å². The molecular formula is C20H27N3O2S. The van der Waals surface area contributed by atoms with Crippen LogP contribution in [0.5, 0.6) is 0 Å². The fourth-order valence-corrected chi connectivity index (χ4v) is 3.54. The molecule has 0 aliphatic carbocycles. The monoisotopic (exact) mass is 373 g/mol. The van der Waals surface area contributed by atoms with Crippen molar-refractivity contribution in [3.8, 4) is 0 Å². The Hall–Kier alpha value is -2.18. The summed E-state index contributed by atoms with van der Waals surface area (Å²) in [6.45, 7) is 7.43. The van der Waals surface area contributed by atoms with Gasteiger partial charge in [-0.15, -0.1) is 11.3 Å². The summed E-state index contributed by atoms with van der Waals surface area (Å²) in [6, 6.07) is 13.9. The summed E-state index contributed by atoms with van der Waals surface area (Å²) in [4.78, 5) is 28.5. The van der Waals surface area contributed by atoms with Crippen molar-refractivity contribution in [2.75, 3.05) is 13.1 Å². The molecule has 140 valence electrons. The zero-order valence-electron chi connectivity index (χ0n) is 15.6. The first-order valence-electron chi connectivity index (χ1n) is 8.84. The van der Waals surface area contributed by atoms with Gasteiger partial charge in [-0.3, -0.25) is 15.0 Å². The summed E-state index contributed by atoms with van der Waals surface area (Å²) in [7, 11) is 0. The number of hydrogen-bond acceptors (Lipinski definition) is 4. The number of amides is 3. The fraction of sp³-hybridized carbons (Fsp3) is 0.400. The van der Waals surface area contributed by atoms with Crippen molar-refractivity contribution >= 4 is 23.3 Å². The predicted molar refractivity (Wildman–Crippen MR) is 106 cm³/mol. The van der Waals surface area contributed by atoms with Crippen molar-refractivity contribution in [3.05, 3.63) is 57.8 Å². The Morgan fingerprint density at radius 3 is 2.46 bits per heavy atom. The van der Waals surface area contributed by atoms with Crippen LogP contribution in [0.1, 0.15) is 29.2 Å². The molecule has 0 aliphatic rings. The first-order chi connectivity index (χ1) is 12.4. The van der Waals surface area contributed by atoms with E-state index in [4.69, 9.17) is 0 Å². The Balaban J connectivity index is 1.95. The lowest BCUT2D eigenvalue weighted by atomic mass is 10.1. The van der Waals surface area contributed by atoms with Crippen LogP contribution in [0.4, 0.5) is 4.79 Å². The molecule has 0 saturated heterocycles. The Bertz CT molecular complexity index is 713. The lowest BCUT2D eigenvalue weighted by Gasteiger charge is -2.21. The third-order valence-corrected chi connectivity index (χ3v) is 4.76. The van der Waals surface area contributed by atoms with E-state index in [1.165, 1.54) is 15.3 Å². The molecular weight excluding hydrogens is 346 g/mol. The maximum atomic E-state index is 12.2. The molecule has 0 spiro atoms. The SMILES string of the molecule is Cc1ccc(CN(CCc2ccccc2)CC(=O)NC(=O)NC(C)C)s1. The van der Waals surface area contributed by atoms with Crippen LogP contribution in [0.15, 0.2) is 42.5 Å². The number of nitrogens with zero attached hydrogens (tertiary/aromatic N) is 1. The Morgan fingerprint density at radius 2 is 1.85 bits per heavy atom. The quantitative estimate of drug-likeness (QED) is 0.746. The van der Waals surface area contributed by atoms with Crippen molar-refractivity contribution in [3.63, 3.8) is 0 Å². The van der Waals surface area contributed by atoms with Gasteiger partial charge in [-0.1, -0.05) is 30.3 Å². The zero-order chi connectivity index (χ0) is 18.9. The van der Waals surface area contributed by atoms with Gasteiger partial charge in [-0.2, -0.15) is 0 Å². The van der Waals surface area contributed by atoms with Gasteiger partial charge in [-0.25, -0.2) is 4.79 Å². The predicted octanol–water partition coefficient (Wildman–Crippen LogP) is 3.34. The number of imide groups is 1. The smallest absolute Gasteiger partial charge is 0.321 e. The molecule has 5 nitrogen and oxygen atoms in total. The second-order valence-electron chi connectivity index (χ2n) is 6.63. The van der Waals surface area contributed by atoms with E-state index >= 15 is 0 Å². The highest BCUT2D eigenvalue weighted by molar-refractivity contribution is 7.11. The third kappa shape index (κ3) is 7.37. The largest absolute Gasteiger partial charge is 0.336 e. The van der Waals surface area contributed by atoms with E-state index in [9.17, 15) is 9.59 Å². The number of carbonyl (C=O) groups is 2. The minimum atomic E-state index is -0.444. The lowest BCUT2D eigenvalue weighted by Crippen LogP contribution is -2.46. The van der Waals surface area contributed by atoms with Crippen LogP contribution in [-0.2, 0) is 17.8 Å². The highest BCUT2D eigenvalue weighted by Crippen LogP contribution is 2.17. The molecule has 0 radical (unpaired) electrons. The topological polar surface area (TPSA) is 61.4 Å². The third-order valence-electron chi connectivity index (χ3n) is 3.77. The van der Waals surface area contributed by atoms with Crippen LogP contribution in [0, 0.1) is 6.92 Å². The Labute approximate surface area is 159 Å². The molecule has 0 atom stereocenters. The zero-order valence-corrected chi connectivity index (χ0v) is 16.4. The molecule has 1 heterocycles. The minimum absolute atomic E-state index is 0.00826. The van der Waals surface area contributed by atoms with Gasteiger partial charge in [-0.05, 0) is 44.9 Å². The van der Waals surface area contributed by atoms with Crippen molar-refractivity contribution in [1.29, 1.82) is 0 Å². The molecule has 3 amide bonds. The standard InChI is InChI=1S/C20H27N3O2S/c1-15(2)21-20(25)22-19(24)14-23(13-18-10-9-16(3)26-18)12-11-17-7-5-4-6-8-17/h4-10,15H,11-14H2,1-3H3,(H2,21,22,24,25). The molecule has 0 fully saturated rings. The maximum Gasteiger partial charge on any atom is 0.321 e. The molecule has 6 heteroatoms. The van der Waals surface area contributed by atoms with Crippen molar-refractivity contribution < 1.29 is 9.59 Å². The molecule has 2 rings (SSSR count). The van der Waals surface area contributed by atoms with E-state index in [1.54, 1.807) is 11.3 Å². The fourth-order valence-electron chi connectivity index (χ4n) is 2.60. The molecule has 0 saturated carbocycles. The summed E-state index contributed by atoms with van der Waals surface area (Å²) >= 11 is 1.73. The number of rotatable bonds is 8. The number of urea groups is 1. The first-order valence-corrected chi connectivity index (χ1v) is 9.66. The highest BCUT2D eigenvalue weighted by Gasteiger charge is 2.15. The van der Waals surface area contributed by atoms with Crippen molar-refractivity contribution in [2.24, 2.45) is 0 Å². The van der Waals surface area contributed by atoms with E-state index < -0.39 is 6.03 Å². The van der Waals surface area contributed by atoms with Crippen LogP contribution >= 0.6 is 11.3 Å². The molecule has 0 unspecified atom stereocenters. The van der Waals surface area contributed by atoms with Crippen LogP contribution in [0.25, 0.3) is 0 Å². The van der Waals surface area contributed by atoms with Gasteiger partial charge in [0.15, 0.2) is 0 Å². The summed E-state index contributed by atoms with van der Waals surface area (Å²) in [5.41, 5.74) is 1.23. The summed E-state index contributed by atoms with van der Waals surface area (Å²) in [5, 5.41) is 5.07. The highest BCUT2D eigenvalue weighted by atomic mass is 32.1. The lowest BCUT2D eigenvalue weighted by molar-refractivity contribution is -0.121. The van der Waals surface area contributed by atoms with Crippen LogP contribution in [-0.4, -0.2) is 36.0 Å².